The zero-order chi connectivity index (χ0) is 47.8. The second-order valence-electron chi connectivity index (χ2n) is 16.5. The highest BCUT2D eigenvalue weighted by atomic mass is 32.2. The Bertz CT molecular complexity index is 2720. The molecule has 0 saturated carbocycles. The van der Waals surface area contributed by atoms with E-state index < -0.39 is 44.9 Å². The summed E-state index contributed by atoms with van der Waals surface area (Å²) in [5.41, 5.74) is 2.20. The molecule has 5 aromatic rings. The van der Waals surface area contributed by atoms with Crippen molar-refractivity contribution in [2.45, 2.75) is 63.5 Å². The number of piperidine rings is 3. The molecule has 67 heavy (non-hydrogen) atoms. The van der Waals surface area contributed by atoms with Gasteiger partial charge in [0.25, 0.3) is 6.47 Å². The van der Waals surface area contributed by atoms with Crippen LogP contribution in [0.3, 0.4) is 0 Å². The molecule has 3 amide bonds. The van der Waals surface area contributed by atoms with Gasteiger partial charge in [-0.25, -0.2) is 18.7 Å². The van der Waals surface area contributed by atoms with Crippen molar-refractivity contribution in [2.24, 2.45) is 0 Å². The average Bonchev–Trinajstić information content (AvgIpc) is 3.77. The number of benzene rings is 2. The second kappa shape index (κ2) is 21.2. The number of halogens is 2. The van der Waals surface area contributed by atoms with Crippen molar-refractivity contribution >= 4 is 68.4 Å². The van der Waals surface area contributed by atoms with Gasteiger partial charge in [0.15, 0.2) is 5.82 Å². The monoisotopic (exact) mass is 942 g/mol. The number of carbonyl (C=O) groups is 5. The van der Waals surface area contributed by atoms with Gasteiger partial charge in [-0.15, -0.1) is 0 Å². The lowest BCUT2D eigenvalue weighted by atomic mass is 9.89. The molecule has 2 aromatic carbocycles. The molecule has 6 N–H and O–H groups in total. The number of nitrogens with zero attached hydrogens (tertiary/aromatic N) is 5. The zero-order valence-corrected chi connectivity index (χ0v) is 37.7. The lowest BCUT2D eigenvalue weighted by molar-refractivity contribution is -0.134. The van der Waals surface area contributed by atoms with Gasteiger partial charge in [0.2, 0.25) is 23.5 Å². The summed E-state index contributed by atoms with van der Waals surface area (Å²) in [6, 6.07) is 15.1. The maximum Gasteiger partial charge on any atom is 0.301 e. The van der Waals surface area contributed by atoms with Crippen LogP contribution < -0.4 is 25.6 Å². The first-order valence-corrected chi connectivity index (χ1v) is 23.4. The van der Waals surface area contributed by atoms with Crippen molar-refractivity contribution in [3.05, 3.63) is 102 Å². The predicted molar refractivity (Wildman–Crippen MR) is 247 cm³/mol. The molecule has 6 heterocycles. The van der Waals surface area contributed by atoms with Gasteiger partial charge < -0.3 is 30.5 Å². The fourth-order valence-electron chi connectivity index (χ4n) is 8.46. The molecule has 3 aromatic heterocycles. The number of hydrogen-bond acceptors (Lipinski definition) is 12. The lowest BCUT2D eigenvalue weighted by Crippen LogP contribution is -2.48. The summed E-state index contributed by atoms with van der Waals surface area (Å²) in [6.07, 6.45) is 8.84. The van der Waals surface area contributed by atoms with Crippen LogP contribution in [0, 0.1) is 11.6 Å². The van der Waals surface area contributed by atoms with Gasteiger partial charge in [-0.05, 0) is 86.1 Å². The molecule has 1 atom stereocenters. The Morgan fingerprint density at radius 1 is 0.940 bits per heavy atom. The standard InChI is InChI=1S/C45H50F2N10O6S.CH2O2/c1-3-55(2)64(62,63)54-36-10-9-35(46)41(42(36)47)43(60)34-25-51-44-33(34)22-30(24-50-44)29-6-12-38(49-23-29)56-20-16-31(17-21-56)48-26-40(59)57-18-14-28(15-19-57)27-4-7-32(8-5-27)52-37-11-13-39(58)53-45(37)61;2-1-3/h4-10,12,22-25,28,31,37,48,52,54H,3,11,13-21,26H2,1-2H3,(H,50,51)(H,53,58,61);1H,(H,2,3). The van der Waals surface area contributed by atoms with Crippen LogP contribution in [0.25, 0.3) is 22.2 Å². The number of carboxylic acid groups (broad SMARTS) is 1. The van der Waals surface area contributed by atoms with Crippen molar-refractivity contribution in [1.29, 1.82) is 0 Å². The van der Waals surface area contributed by atoms with Crippen LogP contribution in [0.15, 0.2) is 73.2 Å². The zero-order valence-electron chi connectivity index (χ0n) is 36.9. The number of imide groups is 1. The van der Waals surface area contributed by atoms with Gasteiger partial charge in [0, 0.05) is 98.6 Å². The van der Waals surface area contributed by atoms with Gasteiger partial charge in [-0.2, -0.15) is 12.7 Å². The Labute approximate surface area is 385 Å². The highest BCUT2D eigenvalue weighted by Crippen LogP contribution is 2.32. The number of carbonyl (C=O) groups excluding carboxylic acids is 4. The third kappa shape index (κ3) is 11.2. The number of amides is 3. The first-order valence-electron chi connectivity index (χ1n) is 21.9. The number of fused-ring (bicyclic) bond motifs is 1. The van der Waals surface area contributed by atoms with Gasteiger partial charge in [0.05, 0.1) is 17.8 Å². The molecule has 0 bridgehead atoms. The Morgan fingerprint density at radius 2 is 1.64 bits per heavy atom. The van der Waals surface area contributed by atoms with E-state index in [9.17, 15) is 27.6 Å². The highest BCUT2D eigenvalue weighted by molar-refractivity contribution is 7.90. The summed E-state index contributed by atoms with van der Waals surface area (Å²) in [6.45, 7) is 4.61. The van der Waals surface area contributed by atoms with Crippen molar-refractivity contribution < 1.29 is 46.3 Å². The van der Waals surface area contributed by atoms with Gasteiger partial charge in [0.1, 0.15) is 23.3 Å². The number of ketones is 1. The molecule has 0 spiro atoms. The van der Waals surface area contributed by atoms with Gasteiger partial charge >= 0.3 is 10.2 Å². The maximum absolute atomic E-state index is 15.6. The summed E-state index contributed by atoms with van der Waals surface area (Å²) >= 11 is 0. The first-order chi connectivity index (χ1) is 32.2. The molecule has 354 valence electrons. The van der Waals surface area contributed by atoms with Crippen molar-refractivity contribution in [3.63, 3.8) is 0 Å². The molecule has 3 saturated heterocycles. The van der Waals surface area contributed by atoms with E-state index in [1.54, 1.807) is 25.4 Å². The van der Waals surface area contributed by atoms with E-state index in [-0.39, 0.29) is 48.9 Å². The second-order valence-corrected chi connectivity index (χ2v) is 18.3. The summed E-state index contributed by atoms with van der Waals surface area (Å²) in [7, 11) is -2.84. The number of H-pyrrole nitrogens is 1. The van der Waals surface area contributed by atoms with Crippen LogP contribution in [-0.2, 0) is 29.4 Å². The molecule has 3 fully saturated rings. The molecule has 21 heteroatoms. The van der Waals surface area contributed by atoms with Gasteiger partial charge in [-0.3, -0.25) is 34.0 Å². The number of rotatable bonds is 14. The Kier molecular flexibility index (Phi) is 15.2. The van der Waals surface area contributed by atoms with Crippen molar-refractivity contribution in [2.75, 3.05) is 61.3 Å². The van der Waals surface area contributed by atoms with Crippen LogP contribution in [0.1, 0.15) is 72.9 Å². The smallest absolute Gasteiger partial charge is 0.301 e. The van der Waals surface area contributed by atoms with Crippen molar-refractivity contribution in [1.82, 2.24) is 34.8 Å². The fourth-order valence-corrected chi connectivity index (χ4v) is 9.39. The highest BCUT2D eigenvalue weighted by Gasteiger charge is 2.30. The minimum absolute atomic E-state index is 0.0394. The van der Waals surface area contributed by atoms with E-state index in [0.717, 1.165) is 66.7 Å². The number of pyridine rings is 2. The van der Waals surface area contributed by atoms with Crippen LogP contribution in [-0.4, -0.2) is 126 Å². The van der Waals surface area contributed by atoms with Crippen molar-refractivity contribution in [3.8, 4) is 11.1 Å². The normalized spacial score (nSPS) is 17.2. The van der Waals surface area contributed by atoms with Crippen LogP contribution >= 0.6 is 0 Å². The number of anilines is 3. The lowest BCUT2D eigenvalue weighted by Gasteiger charge is -2.35. The first kappa shape index (κ1) is 48.1. The fraction of sp³-hybridized carbons (Fsp3) is 0.370. The molecule has 3 aliphatic rings. The molecule has 18 nitrogen and oxygen atoms in total. The number of nitrogens with one attached hydrogen (secondary N) is 5. The predicted octanol–water partition coefficient (Wildman–Crippen LogP) is 4.63. The van der Waals surface area contributed by atoms with E-state index in [2.05, 4.69) is 47.7 Å². The quantitative estimate of drug-likeness (QED) is 0.0507. The number of aromatic amines is 1. The topological polar surface area (TPSA) is 239 Å². The third-order valence-electron chi connectivity index (χ3n) is 12.4. The Balaban J connectivity index is 0.00000216. The van der Waals surface area contributed by atoms with E-state index in [4.69, 9.17) is 14.9 Å². The summed E-state index contributed by atoms with van der Waals surface area (Å²) in [5, 5.41) is 16.3. The third-order valence-corrected chi connectivity index (χ3v) is 14.0. The van der Waals surface area contributed by atoms with Crippen LogP contribution in [0.2, 0.25) is 0 Å². The summed E-state index contributed by atoms with van der Waals surface area (Å²) in [4.78, 5) is 74.9. The minimum Gasteiger partial charge on any atom is -0.483 e. The molecule has 0 aliphatic carbocycles. The summed E-state index contributed by atoms with van der Waals surface area (Å²) in [5.74, 6) is -2.76. The molecule has 0 radical (unpaired) electrons. The Morgan fingerprint density at radius 3 is 2.30 bits per heavy atom. The van der Waals surface area contributed by atoms with Crippen LogP contribution in [0.5, 0.6) is 0 Å². The van der Waals surface area contributed by atoms with E-state index in [1.165, 1.54) is 18.8 Å². The number of hydrogen-bond donors (Lipinski definition) is 6. The number of likely N-dealkylation sites (tertiary alicyclic amines) is 1. The summed E-state index contributed by atoms with van der Waals surface area (Å²) < 4.78 is 58.8. The minimum atomic E-state index is -4.14. The molecule has 1 unspecified atom stereocenters. The van der Waals surface area contributed by atoms with E-state index in [1.807, 2.05) is 29.2 Å². The number of aromatic nitrogens is 3. The Hall–Kier alpha value is -6.84. The van der Waals surface area contributed by atoms with E-state index >= 15 is 8.78 Å². The molecular formula is C46H52F2N10O8S. The van der Waals surface area contributed by atoms with Gasteiger partial charge in [-0.1, -0.05) is 19.1 Å². The average molecular weight is 943 g/mol. The maximum atomic E-state index is 15.6. The van der Waals surface area contributed by atoms with E-state index in [0.29, 0.717) is 54.0 Å². The largest absolute Gasteiger partial charge is 0.483 e. The molecular weight excluding hydrogens is 891 g/mol. The SMILES string of the molecule is CCN(C)S(=O)(=O)Nc1ccc(F)c(C(=O)c2c[nH]c3ncc(-c4ccc(N5CCC(NCC(=O)N6CCC(c7ccc(NC8CCC(=O)NC8=O)cc7)CC6)CC5)nc4)cc23)c1F.O=CO. The molecule has 3 aliphatic heterocycles. The van der Waals surface area contributed by atoms with Crippen LogP contribution in [0.4, 0.5) is 26.0 Å². The molecule has 8 rings (SSSR count).